The number of likely N-dealkylation sites (tertiary alicyclic amines) is 2. The Morgan fingerprint density at radius 1 is 1.15 bits per heavy atom. The zero-order valence-electron chi connectivity index (χ0n) is 23.2. The number of benzene rings is 1. The topological polar surface area (TPSA) is 88.8 Å². The average Bonchev–Trinajstić information content (AvgIpc) is 3.35. The van der Waals surface area contributed by atoms with Crippen molar-refractivity contribution in [2.24, 2.45) is 11.7 Å². The fourth-order valence-electron chi connectivity index (χ4n) is 5.57. The van der Waals surface area contributed by atoms with E-state index in [0.29, 0.717) is 68.3 Å². The summed E-state index contributed by atoms with van der Waals surface area (Å²) in [5, 5.41) is 0. The van der Waals surface area contributed by atoms with Gasteiger partial charge in [-0.15, -0.1) is 0 Å². The summed E-state index contributed by atoms with van der Waals surface area (Å²) >= 11 is 0. The van der Waals surface area contributed by atoms with Gasteiger partial charge < -0.3 is 20.3 Å². The van der Waals surface area contributed by atoms with Crippen molar-refractivity contribution in [3.8, 4) is 17.0 Å². The Balaban J connectivity index is 1.32. The van der Waals surface area contributed by atoms with Crippen LogP contribution in [0.25, 0.3) is 11.3 Å². The molecule has 0 bridgehead atoms. The molecule has 1 unspecified atom stereocenters. The second kappa shape index (κ2) is 12.0. The first-order valence-corrected chi connectivity index (χ1v) is 14.0. The third kappa shape index (κ3) is 6.40. The second-order valence-corrected chi connectivity index (χ2v) is 11.2. The normalized spacial score (nSPS) is 20.8. The number of alkyl halides is 1. The predicted molar refractivity (Wildman–Crippen MR) is 147 cm³/mol. The molecule has 0 spiro atoms. The smallest absolute Gasteiger partial charge is 0.257 e. The van der Waals surface area contributed by atoms with Crippen molar-refractivity contribution in [2.75, 3.05) is 32.8 Å². The number of ether oxygens (including phenoxy) is 1. The molecule has 0 radical (unpaired) electrons. The number of carbonyl (C=O) groups is 2. The molecule has 39 heavy (non-hydrogen) atoms. The van der Waals surface area contributed by atoms with Gasteiger partial charge in [0.25, 0.3) is 5.91 Å². The van der Waals surface area contributed by atoms with Crippen LogP contribution >= 0.6 is 0 Å². The highest BCUT2D eigenvalue weighted by molar-refractivity contribution is 5.99. The lowest BCUT2D eigenvalue weighted by molar-refractivity contribution is -0.126. The number of primary amides is 1. The Kier molecular flexibility index (Phi) is 8.89. The summed E-state index contributed by atoms with van der Waals surface area (Å²) in [5.41, 5.74) is 4.31. The van der Waals surface area contributed by atoms with Crippen LogP contribution in [0.1, 0.15) is 69.7 Å². The number of hydrogen-bond acceptors (Lipinski definition) is 5. The lowest BCUT2D eigenvalue weighted by Crippen LogP contribution is -2.54. The van der Waals surface area contributed by atoms with Gasteiger partial charge in [-0.3, -0.25) is 14.6 Å². The fourth-order valence-corrected chi connectivity index (χ4v) is 5.57. The quantitative estimate of drug-likeness (QED) is 0.457. The van der Waals surface area contributed by atoms with E-state index < -0.39 is 28.8 Å². The van der Waals surface area contributed by atoms with Crippen LogP contribution in [0.15, 0.2) is 36.5 Å². The van der Waals surface area contributed by atoms with E-state index in [2.05, 4.69) is 9.88 Å². The van der Waals surface area contributed by atoms with E-state index in [4.69, 9.17) is 10.5 Å². The van der Waals surface area contributed by atoms with Crippen molar-refractivity contribution in [1.29, 1.82) is 0 Å². The molecule has 3 heterocycles. The third-order valence-electron chi connectivity index (χ3n) is 8.62. The number of rotatable bonds is 10. The Labute approximate surface area is 229 Å². The minimum atomic E-state index is -1.11. The second-order valence-electron chi connectivity index (χ2n) is 11.2. The van der Waals surface area contributed by atoms with Gasteiger partial charge >= 0.3 is 0 Å². The van der Waals surface area contributed by atoms with Crippen LogP contribution in [0.3, 0.4) is 0 Å². The van der Waals surface area contributed by atoms with E-state index in [9.17, 15) is 14.0 Å². The predicted octanol–water partition coefficient (Wildman–Crippen LogP) is 4.99. The molecule has 1 aromatic carbocycles. The van der Waals surface area contributed by atoms with Crippen LogP contribution in [-0.4, -0.2) is 70.6 Å². The molecule has 2 aromatic rings. The molecule has 2 saturated heterocycles. The zero-order valence-corrected chi connectivity index (χ0v) is 23.2. The molecule has 9 heteroatoms. The van der Waals surface area contributed by atoms with Gasteiger partial charge in [0, 0.05) is 18.7 Å². The zero-order chi connectivity index (χ0) is 28.2. The lowest BCUT2D eigenvalue weighted by atomic mass is 9.94. The van der Waals surface area contributed by atoms with E-state index in [0.717, 1.165) is 25.9 Å². The van der Waals surface area contributed by atoms with E-state index in [1.807, 2.05) is 13.8 Å². The highest BCUT2D eigenvalue weighted by Crippen LogP contribution is 2.32. The molecule has 0 aliphatic carbocycles. The van der Waals surface area contributed by atoms with Crippen LogP contribution in [0.2, 0.25) is 0 Å². The highest BCUT2D eigenvalue weighted by Gasteiger charge is 2.45. The van der Waals surface area contributed by atoms with Gasteiger partial charge in [-0.05, 0) is 88.7 Å². The molecule has 4 rings (SSSR count). The number of amides is 2. The number of pyridine rings is 1. The molecule has 212 valence electrons. The number of nitrogens with zero attached hydrogens (tertiary/aromatic N) is 3. The minimum absolute atomic E-state index is 0.0966. The monoisotopic (exact) mass is 542 g/mol. The van der Waals surface area contributed by atoms with E-state index >= 15 is 4.39 Å². The molecule has 1 aromatic heterocycles. The molecule has 7 nitrogen and oxygen atoms in total. The standard InChI is InChI=1S/C30H40F2N4O3/c1-4-30(32,5-2)20-35-15-11-21(12-16-35)19-39-23-8-10-26(34-18-23)22-7-9-24(25(31)17-22)27(37)36-14-6-13-29(36,3)28(33)38/h7-10,17-18,21H,4-6,11-16,19-20H2,1-3H3,(H2,33,38). The van der Waals surface area contributed by atoms with Gasteiger partial charge in [0.2, 0.25) is 5.91 Å². The van der Waals surface area contributed by atoms with Crippen molar-refractivity contribution in [1.82, 2.24) is 14.8 Å². The SMILES string of the molecule is CCC(F)(CC)CN1CCC(COc2ccc(-c3ccc(C(=O)N4CCCC4(C)C(N)=O)c(F)c3)nc2)CC1. The maximum absolute atomic E-state index is 15.0. The molecular weight excluding hydrogens is 502 g/mol. The minimum Gasteiger partial charge on any atom is -0.492 e. The average molecular weight is 543 g/mol. The van der Waals surface area contributed by atoms with Crippen LogP contribution in [0, 0.1) is 11.7 Å². The maximum Gasteiger partial charge on any atom is 0.257 e. The molecule has 0 saturated carbocycles. The van der Waals surface area contributed by atoms with Crippen LogP contribution in [0.4, 0.5) is 8.78 Å². The fraction of sp³-hybridized carbons (Fsp3) is 0.567. The Hall–Kier alpha value is -3.07. The number of hydrogen-bond donors (Lipinski definition) is 1. The van der Waals surface area contributed by atoms with Crippen LogP contribution < -0.4 is 10.5 Å². The van der Waals surface area contributed by atoms with Crippen molar-refractivity contribution in [3.05, 3.63) is 47.9 Å². The van der Waals surface area contributed by atoms with Crippen LogP contribution in [-0.2, 0) is 4.79 Å². The van der Waals surface area contributed by atoms with Gasteiger partial charge in [0.1, 0.15) is 22.8 Å². The first kappa shape index (κ1) is 28.9. The number of piperidine rings is 1. The molecular formula is C30H40F2N4O3. The first-order chi connectivity index (χ1) is 18.6. The summed E-state index contributed by atoms with van der Waals surface area (Å²) in [6.45, 7) is 8.63. The largest absolute Gasteiger partial charge is 0.492 e. The van der Waals surface area contributed by atoms with Gasteiger partial charge in [-0.25, -0.2) is 8.78 Å². The molecule has 1 atom stereocenters. The molecule has 2 aliphatic rings. The van der Waals surface area contributed by atoms with Gasteiger partial charge in [0.15, 0.2) is 0 Å². The molecule has 2 N–H and O–H groups in total. The number of halogens is 2. The van der Waals surface area contributed by atoms with Gasteiger partial charge in [-0.2, -0.15) is 0 Å². The number of aromatic nitrogens is 1. The lowest BCUT2D eigenvalue weighted by Gasteiger charge is -2.36. The third-order valence-corrected chi connectivity index (χ3v) is 8.62. The Morgan fingerprint density at radius 2 is 1.87 bits per heavy atom. The summed E-state index contributed by atoms with van der Waals surface area (Å²) in [6.07, 6.45) is 5.73. The molecule has 2 fully saturated rings. The highest BCUT2D eigenvalue weighted by atomic mass is 19.1. The first-order valence-electron chi connectivity index (χ1n) is 14.0. The molecule has 2 amide bonds. The Bertz CT molecular complexity index is 1160. The number of carbonyl (C=O) groups excluding carboxylic acids is 2. The molecule has 2 aliphatic heterocycles. The summed E-state index contributed by atoms with van der Waals surface area (Å²) < 4.78 is 35.7. The summed E-state index contributed by atoms with van der Waals surface area (Å²) in [4.78, 5) is 33.0. The van der Waals surface area contributed by atoms with E-state index in [-0.39, 0.29) is 5.56 Å². The van der Waals surface area contributed by atoms with Crippen molar-refractivity contribution in [3.63, 3.8) is 0 Å². The summed E-state index contributed by atoms with van der Waals surface area (Å²) in [5.74, 6) is -0.765. The van der Waals surface area contributed by atoms with Gasteiger partial charge in [-0.1, -0.05) is 19.9 Å². The maximum atomic E-state index is 15.0. The van der Waals surface area contributed by atoms with E-state index in [1.54, 1.807) is 31.3 Å². The van der Waals surface area contributed by atoms with Gasteiger partial charge in [0.05, 0.1) is 24.1 Å². The van der Waals surface area contributed by atoms with Crippen molar-refractivity contribution < 1.29 is 23.1 Å². The number of nitrogens with two attached hydrogens (primary N) is 1. The summed E-state index contributed by atoms with van der Waals surface area (Å²) in [7, 11) is 0. The Morgan fingerprint density at radius 3 is 2.46 bits per heavy atom. The summed E-state index contributed by atoms with van der Waals surface area (Å²) in [6, 6.07) is 7.92. The van der Waals surface area contributed by atoms with Crippen molar-refractivity contribution >= 4 is 11.8 Å². The van der Waals surface area contributed by atoms with E-state index in [1.165, 1.54) is 17.0 Å². The van der Waals surface area contributed by atoms with Crippen LogP contribution in [0.5, 0.6) is 5.75 Å². The van der Waals surface area contributed by atoms with Crippen molar-refractivity contribution in [2.45, 2.75) is 70.5 Å².